The molecule has 4 heteroatoms. The molecule has 0 aliphatic carbocycles. The summed E-state index contributed by atoms with van der Waals surface area (Å²) in [4.78, 5) is 11.6. The van der Waals surface area contributed by atoms with Gasteiger partial charge >= 0.3 is 5.97 Å². The lowest BCUT2D eigenvalue weighted by Gasteiger charge is -2.30. The second-order valence-corrected chi connectivity index (χ2v) is 4.17. The largest absolute Gasteiger partial charge is 0.457 e. The first-order valence-corrected chi connectivity index (χ1v) is 5.27. The number of carbonyl (C=O) groups excluding carboxylic acids is 1. The zero-order chi connectivity index (χ0) is 9.97. The van der Waals surface area contributed by atoms with Crippen molar-refractivity contribution in [2.45, 2.75) is 31.9 Å². The molecule has 0 saturated carbocycles. The van der Waals surface area contributed by atoms with Crippen molar-refractivity contribution < 1.29 is 14.3 Å². The van der Waals surface area contributed by atoms with E-state index in [1.807, 2.05) is 0 Å². The summed E-state index contributed by atoms with van der Waals surface area (Å²) in [6.45, 7) is 4.17. The van der Waals surface area contributed by atoms with Gasteiger partial charge in [-0.25, -0.2) is 0 Å². The number of ether oxygens (including phenoxy) is 2. The van der Waals surface area contributed by atoms with E-state index in [0.29, 0.717) is 19.3 Å². The smallest absolute Gasteiger partial charge is 0.309 e. The lowest BCUT2D eigenvalue weighted by molar-refractivity contribution is -0.177. The van der Waals surface area contributed by atoms with Gasteiger partial charge in [-0.2, -0.15) is 0 Å². The summed E-state index contributed by atoms with van der Waals surface area (Å²) in [6.07, 6.45) is 1.82. The summed E-state index contributed by atoms with van der Waals surface area (Å²) in [5.74, 6) is 0.0542. The Morgan fingerprint density at radius 3 is 2.86 bits per heavy atom. The molecule has 0 amide bonds. The Hall–Kier alpha value is -0.610. The molecular formula is C10H17NO3. The van der Waals surface area contributed by atoms with Crippen LogP contribution in [0.4, 0.5) is 0 Å². The van der Waals surface area contributed by atoms with Gasteiger partial charge in [-0.05, 0) is 26.3 Å². The average Bonchev–Trinajstić information content (AvgIpc) is 2.11. The molecule has 2 aliphatic rings. The molecule has 0 aromatic heterocycles. The topological polar surface area (TPSA) is 47.6 Å². The first-order valence-electron chi connectivity index (χ1n) is 5.27. The van der Waals surface area contributed by atoms with Gasteiger partial charge in [0, 0.05) is 6.04 Å². The van der Waals surface area contributed by atoms with E-state index in [4.69, 9.17) is 9.47 Å². The molecule has 0 bridgehead atoms. The Morgan fingerprint density at radius 1 is 1.50 bits per heavy atom. The third kappa shape index (κ3) is 2.25. The van der Waals surface area contributed by atoms with Crippen molar-refractivity contribution in [1.82, 2.24) is 5.32 Å². The summed E-state index contributed by atoms with van der Waals surface area (Å²) in [7, 11) is 0. The SMILES string of the molecule is CC1CC(C(=O)OC2COC2)CCN1. The highest BCUT2D eigenvalue weighted by Crippen LogP contribution is 2.19. The van der Waals surface area contributed by atoms with Crippen molar-refractivity contribution in [3.05, 3.63) is 0 Å². The fourth-order valence-electron chi connectivity index (χ4n) is 1.89. The summed E-state index contributed by atoms with van der Waals surface area (Å²) in [5.41, 5.74) is 0. The van der Waals surface area contributed by atoms with Crippen molar-refractivity contribution in [3.63, 3.8) is 0 Å². The van der Waals surface area contributed by atoms with Crippen molar-refractivity contribution in [3.8, 4) is 0 Å². The molecule has 4 nitrogen and oxygen atoms in total. The zero-order valence-corrected chi connectivity index (χ0v) is 8.49. The number of piperidine rings is 1. The Labute approximate surface area is 84.0 Å². The maximum atomic E-state index is 11.6. The normalized spacial score (nSPS) is 33.5. The molecule has 0 aromatic rings. The van der Waals surface area contributed by atoms with E-state index in [0.717, 1.165) is 19.4 Å². The minimum atomic E-state index is -0.0355. The number of hydrogen-bond acceptors (Lipinski definition) is 4. The van der Waals surface area contributed by atoms with Crippen LogP contribution < -0.4 is 5.32 Å². The van der Waals surface area contributed by atoms with Crippen LogP contribution in [0, 0.1) is 5.92 Å². The van der Waals surface area contributed by atoms with Crippen LogP contribution >= 0.6 is 0 Å². The van der Waals surface area contributed by atoms with Crippen LogP contribution in [0.5, 0.6) is 0 Å². The predicted octanol–water partition coefficient (Wildman–Crippen LogP) is 0.317. The Bertz CT molecular complexity index is 215. The van der Waals surface area contributed by atoms with Crippen LogP contribution in [0.15, 0.2) is 0 Å². The van der Waals surface area contributed by atoms with E-state index < -0.39 is 0 Å². The summed E-state index contributed by atoms with van der Waals surface area (Å²) in [6, 6.07) is 0.430. The monoisotopic (exact) mass is 199 g/mol. The molecule has 2 aliphatic heterocycles. The van der Waals surface area contributed by atoms with Gasteiger partial charge in [0.2, 0.25) is 0 Å². The number of carbonyl (C=O) groups is 1. The molecule has 2 unspecified atom stereocenters. The molecular weight excluding hydrogens is 182 g/mol. The third-order valence-corrected chi connectivity index (χ3v) is 2.85. The van der Waals surface area contributed by atoms with Gasteiger partial charge in [0.05, 0.1) is 19.1 Å². The van der Waals surface area contributed by atoms with Crippen molar-refractivity contribution in [2.75, 3.05) is 19.8 Å². The third-order valence-electron chi connectivity index (χ3n) is 2.85. The number of hydrogen-bond donors (Lipinski definition) is 1. The molecule has 1 N–H and O–H groups in total. The number of rotatable bonds is 2. The Balaban J connectivity index is 1.77. The van der Waals surface area contributed by atoms with Crippen LogP contribution in [0.25, 0.3) is 0 Å². The van der Waals surface area contributed by atoms with E-state index in [9.17, 15) is 4.79 Å². The maximum Gasteiger partial charge on any atom is 0.309 e. The van der Waals surface area contributed by atoms with Crippen LogP contribution in [-0.4, -0.2) is 37.9 Å². The number of nitrogens with one attached hydrogen (secondary N) is 1. The first kappa shape index (κ1) is 9.93. The van der Waals surface area contributed by atoms with Gasteiger partial charge in [-0.1, -0.05) is 0 Å². The summed E-state index contributed by atoms with van der Waals surface area (Å²) < 4.78 is 10.2. The lowest BCUT2D eigenvalue weighted by atomic mass is 9.93. The Morgan fingerprint density at radius 2 is 2.29 bits per heavy atom. The molecule has 2 rings (SSSR count). The highest BCUT2D eigenvalue weighted by atomic mass is 16.6. The summed E-state index contributed by atoms with van der Waals surface area (Å²) in [5, 5.41) is 3.32. The van der Waals surface area contributed by atoms with Crippen LogP contribution in [0.2, 0.25) is 0 Å². The average molecular weight is 199 g/mol. The molecule has 2 atom stereocenters. The second kappa shape index (κ2) is 4.28. The van der Waals surface area contributed by atoms with Gasteiger partial charge in [-0.3, -0.25) is 4.79 Å². The van der Waals surface area contributed by atoms with Gasteiger partial charge in [0.15, 0.2) is 0 Å². The summed E-state index contributed by atoms with van der Waals surface area (Å²) >= 11 is 0. The van der Waals surface area contributed by atoms with Crippen LogP contribution in [0.3, 0.4) is 0 Å². The van der Waals surface area contributed by atoms with E-state index in [2.05, 4.69) is 12.2 Å². The molecule has 2 saturated heterocycles. The van der Waals surface area contributed by atoms with Gasteiger partial charge in [0.25, 0.3) is 0 Å². The Kier molecular flexibility index (Phi) is 3.03. The second-order valence-electron chi connectivity index (χ2n) is 4.17. The van der Waals surface area contributed by atoms with E-state index in [1.54, 1.807) is 0 Å². The molecule has 0 radical (unpaired) electrons. The highest BCUT2D eigenvalue weighted by molar-refractivity contribution is 5.72. The standard InChI is InChI=1S/C10H17NO3/c1-7-4-8(2-3-11-7)10(12)14-9-5-13-6-9/h7-9,11H,2-6H2,1H3. The fourth-order valence-corrected chi connectivity index (χ4v) is 1.89. The van der Waals surface area contributed by atoms with Crippen molar-refractivity contribution in [1.29, 1.82) is 0 Å². The van der Waals surface area contributed by atoms with Gasteiger partial charge in [-0.15, -0.1) is 0 Å². The fraction of sp³-hybridized carbons (Fsp3) is 0.900. The maximum absolute atomic E-state index is 11.6. The quantitative estimate of drug-likeness (QED) is 0.650. The van der Waals surface area contributed by atoms with E-state index in [1.165, 1.54) is 0 Å². The predicted molar refractivity (Wildman–Crippen MR) is 50.9 cm³/mol. The molecule has 2 fully saturated rings. The van der Waals surface area contributed by atoms with Gasteiger partial charge < -0.3 is 14.8 Å². The van der Waals surface area contributed by atoms with E-state index >= 15 is 0 Å². The minimum absolute atomic E-state index is 0.0210. The van der Waals surface area contributed by atoms with Crippen LogP contribution in [0.1, 0.15) is 19.8 Å². The lowest BCUT2D eigenvalue weighted by Crippen LogP contribution is -2.43. The molecule has 2 heterocycles. The van der Waals surface area contributed by atoms with Crippen LogP contribution in [-0.2, 0) is 14.3 Å². The highest BCUT2D eigenvalue weighted by Gasteiger charge is 2.30. The van der Waals surface area contributed by atoms with Gasteiger partial charge in [0.1, 0.15) is 6.10 Å². The zero-order valence-electron chi connectivity index (χ0n) is 8.49. The van der Waals surface area contributed by atoms with Crippen molar-refractivity contribution in [2.24, 2.45) is 5.92 Å². The molecule has 80 valence electrons. The van der Waals surface area contributed by atoms with Crippen molar-refractivity contribution >= 4 is 5.97 Å². The molecule has 14 heavy (non-hydrogen) atoms. The first-order chi connectivity index (χ1) is 6.75. The number of esters is 1. The molecule has 0 aromatic carbocycles. The minimum Gasteiger partial charge on any atom is -0.457 e. The van der Waals surface area contributed by atoms with E-state index in [-0.39, 0.29) is 18.0 Å². The molecule has 0 spiro atoms.